The van der Waals surface area contributed by atoms with E-state index in [9.17, 15) is 0 Å². The molecule has 0 aliphatic rings. The Morgan fingerprint density at radius 3 is 1.77 bits per heavy atom. The summed E-state index contributed by atoms with van der Waals surface area (Å²) < 4.78 is 12.8. The van der Waals surface area contributed by atoms with Gasteiger partial charge in [0.2, 0.25) is 0 Å². The van der Waals surface area contributed by atoms with Gasteiger partial charge in [-0.3, -0.25) is 0 Å². The molecule has 1 aromatic heterocycles. The van der Waals surface area contributed by atoms with E-state index in [0.29, 0.717) is 0 Å². The molecule has 0 spiro atoms. The van der Waals surface area contributed by atoms with Crippen LogP contribution in [0.5, 0.6) is 5.75 Å². The maximum Gasteiger partial charge on any atom is 0.148 e. The van der Waals surface area contributed by atoms with Crippen LogP contribution in [0, 0.1) is 3.57 Å². The van der Waals surface area contributed by atoms with Crippen molar-refractivity contribution < 1.29 is 9.15 Å². The van der Waals surface area contributed by atoms with E-state index in [-0.39, 0.29) is 0 Å². The second-order valence-electron chi connectivity index (χ2n) is 5.91. The van der Waals surface area contributed by atoms with Crippen LogP contribution < -0.4 is 4.74 Å². The third-order valence-electron chi connectivity index (χ3n) is 4.30. The van der Waals surface area contributed by atoms with E-state index in [1.807, 2.05) is 48.5 Å². The lowest BCUT2D eigenvalue weighted by atomic mass is 10.0. The molecule has 0 radical (unpaired) electrons. The molecular weight excluding hydrogens is 435 g/mol. The van der Waals surface area contributed by atoms with Gasteiger partial charge in [0.05, 0.1) is 10.7 Å². The maximum atomic E-state index is 6.40. The van der Waals surface area contributed by atoms with Gasteiger partial charge in [0, 0.05) is 16.7 Å². The second-order valence-corrected chi connectivity index (χ2v) is 6.99. The topological polar surface area (TPSA) is 22.4 Å². The Balaban J connectivity index is 1.94. The minimum atomic E-state index is 0.833. The van der Waals surface area contributed by atoms with Gasteiger partial charge in [0.1, 0.15) is 17.3 Å². The third-order valence-corrected chi connectivity index (χ3v) is 5.33. The summed E-state index contributed by atoms with van der Waals surface area (Å²) >= 11 is 2.39. The number of methoxy groups -OCH3 is 1. The zero-order valence-electron chi connectivity index (χ0n) is 14.3. The molecule has 4 rings (SSSR count). The summed E-state index contributed by atoms with van der Waals surface area (Å²) in [5, 5.41) is 0. The number of rotatable bonds is 4. The Morgan fingerprint density at radius 1 is 0.654 bits per heavy atom. The first-order valence-electron chi connectivity index (χ1n) is 8.35. The first-order chi connectivity index (χ1) is 12.8. The Kier molecular flexibility index (Phi) is 4.80. The van der Waals surface area contributed by atoms with E-state index >= 15 is 0 Å². The van der Waals surface area contributed by atoms with Crippen LogP contribution in [0.3, 0.4) is 0 Å². The Morgan fingerprint density at radius 2 is 1.19 bits per heavy atom. The van der Waals surface area contributed by atoms with Crippen molar-refractivity contribution in [2.45, 2.75) is 0 Å². The molecule has 26 heavy (non-hydrogen) atoms. The molecule has 0 aliphatic carbocycles. The number of furan rings is 1. The smallest absolute Gasteiger partial charge is 0.148 e. The van der Waals surface area contributed by atoms with Gasteiger partial charge in [-0.2, -0.15) is 0 Å². The molecule has 3 heteroatoms. The van der Waals surface area contributed by atoms with Gasteiger partial charge in [0.15, 0.2) is 0 Å². The molecule has 4 aromatic rings. The monoisotopic (exact) mass is 452 g/mol. The molecule has 128 valence electrons. The summed E-state index contributed by atoms with van der Waals surface area (Å²) in [6, 6.07) is 28.6. The normalized spacial score (nSPS) is 10.7. The van der Waals surface area contributed by atoms with E-state index in [1.165, 1.54) is 0 Å². The van der Waals surface area contributed by atoms with Crippen LogP contribution in [0.4, 0.5) is 0 Å². The number of ether oxygens (including phenoxy) is 1. The largest absolute Gasteiger partial charge is 0.497 e. The van der Waals surface area contributed by atoms with Crippen molar-refractivity contribution in [3.63, 3.8) is 0 Å². The van der Waals surface area contributed by atoms with Gasteiger partial charge in [-0.05, 0) is 52.4 Å². The molecule has 0 atom stereocenters. The van der Waals surface area contributed by atoms with Crippen LogP contribution >= 0.6 is 22.6 Å². The van der Waals surface area contributed by atoms with E-state index < -0.39 is 0 Å². The van der Waals surface area contributed by atoms with Gasteiger partial charge in [-0.15, -0.1) is 0 Å². The Labute approximate surface area is 166 Å². The summed E-state index contributed by atoms with van der Waals surface area (Å²) in [7, 11) is 1.67. The highest BCUT2D eigenvalue weighted by Crippen LogP contribution is 2.43. The maximum absolute atomic E-state index is 6.40. The highest BCUT2D eigenvalue weighted by Gasteiger charge is 2.22. The van der Waals surface area contributed by atoms with Crippen LogP contribution in [-0.2, 0) is 0 Å². The molecule has 0 saturated heterocycles. The second kappa shape index (κ2) is 7.38. The highest BCUT2D eigenvalue weighted by atomic mass is 127. The molecule has 0 bridgehead atoms. The Bertz CT molecular complexity index is 1000. The highest BCUT2D eigenvalue weighted by molar-refractivity contribution is 14.1. The summed E-state index contributed by atoms with van der Waals surface area (Å²) in [4.78, 5) is 0. The number of halogens is 1. The van der Waals surface area contributed by atoms with Gasteiger partial charge in [-0.1, -0.05) is 60.7 Å². The van der Waals surface area contributed by atoms with Crippen molar-refractivity contribution in [3.05, 3.63) is 88.5 Å². The van der Waals surface area contributed by atoms with Gasteiger partial charge in [0.25, 0.3) is 0 Å². The zero-order chi connectivity index (χ0) is 17.9. The molecule has 0 N–H and O–H groups in total. The average Bonchev–Trinajstić information content (AvgIpc) is 3.06. The molecule has 0 fully saturated rings. The van der Waals surface area contributed by atoms with Crippen LogP contribution in [0.1, 0.15) is 0 Å². The summed E-state index contributed by atoms with van der Waals surface area (Å²) in [5.41, 5.74) is 4.38. The van der Waals surface area contributed by atoms with Gasteiger partial charge < -0.3 is 9.15 Å². The van der Waals surface area contributed by atoms with Crippen molar-refractivity contribution in [1.29, 1.82) is 0 Å². The molecule has 0 amide bonds. The third kappa shape index (κ3) is 3.15. The number of hydrogen-bond acceptors (Lipinski definition) is 2. The minimum Gasteiger partial charge on any atom is -0.497 e. The van der Waals surface area contributed by atoms with E-state index in [1.54, 1.807) is 7.11 Å². The number of hydrogen-bond donors (Lipinski definition) is 0. The van der Waals surface area contributed by atoms with Crippen LogP contribution in [-0.4, -0.2) is 7.11 Å². The summed E-state index contributed by atoms with van der Waals surface area (Å²) in [5.74, 6) is 2.61. The van der Waals surface area contributed by atoms with E-state index in [2.05, 4.69) is 59.0 Å². The molecule has 0 saturated carbocycles. The van der Waals surface area contributed by atoms with E-state index in [0.717, 1.165) is 43.1 Å². The quantitative estimate of drug-likeness (QED) is 0.315. The molecule has 2 nitrogen and oxygen atoms in total. The molecule has 0 unspecified atom stereocenters. The van der Waals surface area contributed by atoms with Crippen molar-refractivity contribution in [3.8, 4) is 39.5 Å². The summed E-state index contributed by atoms with van der Waals surface area (Å²) in [6.07, 6.45) is 0. The first-order valence-corrected chi connectivity index (χ1v) is 9.43. The fraction of sp³-hybridized carbons (Fsp3) is 0.0435. The molecule has 0 aliphatic heterocycles. The lowest BCUT2D eigenvalue weighted by Crippen LogP contribution is -1.84. The lowest BCUT2D eigenvalue weighted by Gasteiger charge is -2.05. The van der Waals surface area contributed by atoms with Gasteiger partial charge >= 0.3 is 0 Å². The van der Waals surface area contributed by atoms with Crippen molar-refractivity contribution in [1.82, 2.24) is 0 Å². The fourth-order valence-electron chi connectivity index (χ4n) is 2.99. The average molecular weight is 452 g/mol. The molecular formula is C23H17IO2. The predicted molar refractivity (Wildman–Crippen MR) is 114 cm³/mol. The Hall–Kier alpha value is -2.53. The van der Waals surface area contributed by atoms with Gasteiger partial charge in [-0.25, -0.2) is 0 Å². The van der Waals surface area contributed by atoms with Crippen molar-refractivity contribution in [2.24, 2.45) is 0 Å². The van der Waals surface area contributed by atoms with E-state index in [4.69, 9.17) is 9.15 Å². The molecule has 1 heterocycles. The van der Waals surface area contributed by atoms with Crippen molar-refractivity contribution >= 4 is 22.6 Å². The van der Waals surface area contributed by atoms with Crippen LogP contribution in [0.15, 0.2) is 89.3 Å². The number of benzene rings is 3. The zero-order valence-corrected chi connectivity index (χ0v) is 16.4. The molecule has 3 aromatic carbocycles. The first kappa shape index (κ1) is 16.9. The van der Waals surface area contributed by atoms with Crippen LogP contribution in [0.25, 0.3) is 33.8 Å². The standard InChI is InChI=1S/C23H17IO2/c1-25-19-14-12-18(13-15-19)22-20(16-8-4-2-5-9-16)21(24)23(26-22)17-10-6-3-7-11-17/h2-15H,1H3. The van der Waals surface area contributed by atoms with Crippen LogP contribution in [0.2, 0.25) is 0 Å². The predicted octanol–water partition coefficient (Wildman–Crippen LogP) is 6.89. The minimum absolute atomic E-state index is 0.833. The SMILES string of the molecule is COc1ccc(-c2oc(-c3ccccc3)c(I)c2-c2ccccc2)cc1. The lowest BCUT2D eigenvalue weighted by molar-refractivity contribution is 0.415. The summed E-state index contributed by atoms with van der Waals surface area (Å²) in [6.45, 7) is 0. The van der Waals surface area contributed by atoms with Crippen molar-refractivity contribution in [2.75, 3.05) is 7.11 Å². The fourth-order valence-corrected chi connectivity index (χ4v) is 3.97.